The van der Waals surface area contributed by atoms with Crippen molar-refractivity contribution in [3.05, 3.63) is 30.1 Å². The maximum Gasteiger partial charge on any atom is 0.249 e. The van der Waals surface area contributed by atoms with Gasteiger partial charge in [0.2, 0.25) is 11.8 Å². The third-order valence-corrected chi connectivity index (χ3v) is 3.29. The van der Waals surface area contributed by atoms with Gasteiger partial charge in [-0.25, -0.2) is 4.39 Å². The lowest BCUT2D eigenvalue weighted by Gasteiger charge is -2.17. The Bertz CT molecular complexity index is 513. The summed E-state index contributed by atoms with van der Waals surface area (Å²) in [7, 11) is 0. The van der Waals surface area contributed by atoms with Crippen molar-refractivity contribution in [1.29, 1.82) is 0 Å². The van der Waals surface area contributed by atoms with Crippen molar-refractivity contribution < 1.29 is 14.0 Å². The number of hydrogen-bond donors (Lipinski definition) is 2. The van der Waals surface area contributed by atoms with Crippen molar-refractivity contribution in [2.75, 3.05) is 18.0 Å². The predicted molar refractivity (Wildman–Crippen MR) is 80.8 cm³/mol. The summed E-state index contributed by atoms with van der Waals surface area (Å²) in [6, 6.07) is 5.56. The fraction of sp³-hybridized carbons (Fsp3) is 0.429. The van der Waals surface area contributed by atoms with Crippen LogP contribution in [0.3, 0.4) is 0 Å². The summed E-state index contributed by atoms with van der Waals surface area (Å²) in [5.41, 5.74) is 5.59. The minimum absolute atomic E-state index is 0. The van der Waals surface area contributed by atoms with Gasteiger partial charge >= 0.3 is 0 Å². The zero-order valence-corrected chi connectivity index (χ0v) is 12.4. The zero-order valence-electron chi connectivity index (χ0n) is 11.5. The van der Waals surface area contributed by atoms with Crippen molar-refractivity contribution in [2.45, 2.75) is 25.3 Å². The van der Waals surface area contributed by atoms with Crippen LogP contribution in [0, 0.1) is 5.82 Å². The minimum Gasteiger partial charge on any atom is -0.344 e. The normalized spacial score (nSPS) is 17.5. The zero-order chi connectivity index (χ0) is 14.5. The molecule has 1 aromatic carbocycles. The van der Waals surface area contributed by atoms with E-state index in [4.69, 9.17) is 5.73 Å². The first-order valence-electron chi connectivity index (χ1n) is 6.69. The third-order valence-electron chi connectivity index (χ3n) is 3.29. The van der Waals surface area contributed by atoms with Crippen LogP contribution >= 0.6 is 12.4 Å². The number of amides is 2. The summed E-state index contributed by atoms with van der Waals surface area (Å²) in [5.74, 6) is -0.892. The van der Waals surface area contributed by atoms with Gasteiger partial charge in [0.1, 0.15) is 11.9 Å². The van der Waals surface area contributed by atoms with Gasteiger partial charge in [-0.05, 0) is 31.5 Å². The summed E-state index contributed by atoms with van der Waals surface area (Å²) in [6.07, 6.45) is 1.38. The van der Waals surface area contributed by atoms with Gasteiger partial charge in [-0.3, -0.25) is 9.59 Å². The van der Waals surface area contributed by atoms with Crippen LogP contribution in [0.4, 0.5) is 10.1 Å². The minimum atomic E-state index is -0.570. The number of para-hydroxylation sites is 1. The van der Waals surface area contributed by atoms with Gasteiger partial charge in [0.15, 0.2) is 0 Å². The summed E-state index contributed by atoms with van der Waals surface area (Å²) in [5, 5.41) is 2.67. The number of hydrogen-bond acceptors (Lipinski definition) is 3. The molecule has 1 atom stereocenters. The van der Waals surface area contributed by atoms with E-state index in [0.717, 1.165) is 0 Å². The van der Waals surface area contributed by atoms with E-state index in [2.05, 4.69) is 5.32 Å². The van der Waals surface area contributed by atoms with Crippen molar-refractivity contribution in [3.8, 4) is 0 Å². The molecule has 3 N–H and O–H groups in total. The number of carbonyl (C=O) groups is 2. The molecule has 21 heavy (non-hydrogen) atoms. The molecule has 5 nitrogen and oxygen atoms in total. The molecule has 1 aliphatic rings. The quantitative estimate of drug-likeness (QED) is 0.857. The molecule has 2 rings (SSSR count). The molecular formula is C14H19ClFN3O2. The summed E-state index contributed by atoms with van der Waals surface area (Å²) >= 11 is 0. The highest BCUT2D eigenvalue weighted by Crippen LogP contribution is 2.24. The maximum absolute atomic E-state index is 13.7. The van der Waals surface area contributed by atoms with Gasteiger partial charge in [-0.15, -0.1) is 12.4 Å². The number of rotatable bonds is 5. The molecule has 1 aromatic rings. The Morgan fingerprint density at radius 3 is 2.81 bits per heavy atom. The number of nitrogens with zero attached hydrogens (tertiary/aromatic N) is 1. The van der Waals surface area contributed by atoms with Gasteiger partial charge in [0.05, 0.1) is 5.69 Å². The van der Waals surface area contributed by atoms with Gasteiger partial charge in [0.25, 0.3) is 0 Å². The standard InChI is InChI=1S/C14H18FN3O2.ClH/c15-10-4-1-2-5-12(10)18-9-7-11(14(18)20)17-13(19)6-3-8-16;/h1-2,4-5,11H,3,6-9,16H2,(H,17,19);1H. The lowest BCUT2D eigenvalue weighted by Crippen LogP contribution is -2.41. The number of nitrogens with one attached hydrogen (secondary N) is 1. The molecule has 0 aliphatic carbocycles. The molecule has 0 bridgehead atoms. The van der Waals surface area contributed by atoms with Crippen LogP contribution in [-0.2, 0) is 9.59 Å². The number of halogens is 2. The van der Waals surface area contributed by atoms with E-state index in [9.17, 15) is 14.0 Å². The molecule has 0 aromatic heterocycles. The number of benzene rings is 1. The molecule has 1 unspecified atom stereocenters. The Morgan fingerprint density at radius 1 is 1.43 bits per heavy atom. The lowest BCUT2D eigenvalue weighted by atomic mass is 10.2. The first kappa shape index (κ1) is 17.4. The van der Waals surface area contributed by atoms with Crippen LogP contribution in [0.2, 0.25) is 0 Å². The largest absolute Gasteiger partial charge is 0.344 e. The van der Waals surface area contributed by atoms with E-state index in [1.807, 2.05) is 0 Å². The second kappa shape index (κ2) is 7.95. The van der Waals surface area contributed by atoms with E-state index >= 15 is 0 Å². The van der Waals surface area contributed by atoms with E-state index in [1.54, 1.807) is 18.2 Å². The molecule has 1 fully saturated rings. The van der Waals surface area contributed by atoms with Gasteiger partial charge in [0, 0.05) is 13.0 Å². The van der Waals surface area contributed by atoms with Crippen LogP contribution < -0.4 is 16.0 Å². The Morgan fingerprint density at radius 2 is 2.14 bits per heavy atom. The average molecular weight is 316 g/mol. The molecule has 1 saturated heterocycles. The highest BCUT2D eigenvalue weighted by molar-refractivity contribution is 6.01. The van der Waals surface area contributed by atoms with Crippen LogP contribution in [0.5, 0.6) is 0 Å². The SMILES string of the molecule is Cl.NCCCC(=O)NC1CCN(c2ccccc2F)C1=O. The number of nitrogens with two attached hydrogens (primary N) is 1. The Balaban J connectivity index is 0.00000220. The summed E-state index contributed by atoms with van der Waals surface area (Å²) in [6.45, 7) is 0.842. The Hall–Kier alpha value is -1.66. The van der Waals surface area contributed by atoms with Gasteiger partial charge in [-0.1, -0.05) is 12.1 Å². The molecule has 0 spiro atoms. The maximum atomic E-state index is 13.7. The fourth-order valence-electron chi connectivity index (χ4n) is 2.25. The number of anilines is 1. The molecule has 2 amide bonds. The second-order valence-corrected chi connectivity index (χ2v) is 4.74. The predicted octanol–water partition coefficient (Wildman–Crippen LogP) is 1.21. The van der Waals surface area contributed by atoms with Gasteiger partial charge < -0.3 is 16.0 Å². The molecule has 7 heteroatoms. The first-order chi connectivity index (χ1) is 9.63. The molecule has 1 aliphatic heterocycles. The highest BCUT2D eigenvalue weighted by atomic mass is 35.5. The van der Waals surface area contributed by atoms with Crippen LogP contribution in [-0.4, -0.2) is 30.9 Å². The topological polar surface area (TPSA) is 75.4 Å². The van der Waals surface area contributed by atoms with E-state index < -0.39 is 11.9 Å². The average Bonchev–Trinajstić information content (AvgIpc) is 2.79. The van der Waals surface area contributed by atoms with Crippen LogP contribution in [0.1, 0.15) is 19.3 Å². The van der Waals surface area contributed by atoms with E-state index in [-0.39, 0.29) is 29.9 Å². The Labute approximate surface area is 129 Å². The van der Waals surface area contributed by atoms with Crippen molar-refractivity contribution >= 4 is 29.9 Å². The smallest absolute Gasteiger partial charge is 0.249 e. The van der Waals surface area contributed by atoms with Crippen LogP contribution in [0.25, 0.3) is 0 Å². The molecule has 0 radical (unpaired) electrons. The Kier molecular flexibility index (Phi) is 6.58. The summed E-state index contributed by atoms with van der Waals surface area (Å²) < 4.78 is 13.7. The second-order valence-electron chi connectivity index (χ2n) is 4.74. The highest BCUT2D eigenvalue weighted by Gasteiger charge is 2.34. The van der Waals surface area contributed by atoms with E-state index in [0.29, 0.717) is 32.4 Å². The number of carbonyl (C=O) groups excluding carboxylic acids is 2. The molecule has 1 heterocycles. The molecule has 0 saturated carbocycles. The van der Waals surface area contributed by atoms with Crippen molar-refractivity contribution in [1.82, 2.24) is 5.32 Å². The lowest BCUT2D eigenvalue weighted by molar-refractivity contribution is -0.126. The van der Waals surface area contributed by atoms with Crippen molar-refractivity contribution in [3.63, 3.8) is 0 Å². The monoisotopic (exact) mass is 315 g/mol. The van der Waals surface area contributed by atoms with Crippen molar-refractivity contribution in [2.24, 2.45) is 5.73 Å². The van der Waals surface area contributed by atoms with Gasteiger partial charge in [-0.2, -0.15) is 0 Å². The van der Waals surface area contributed by atoms with E-state index in [1.165, 1.54) is 11.0 Å². The molecular weight excluding hydrogens is 297 g/mol. The third kappa shape index (κ3) is 4.15. The van der Waals surface area contributed by atoms with Crippen LogP contribution in [0.15, 0.2) is 24.3 Å². The summed E-state index contributed by atoms with van der Waals surface area (Å²) in [4.78, 5) is 25.2. The fourth-order valence-corrected chi connectivity index (χ4v) is 2.25. The molecule has 116 valence electrons. The first-order valence-corrected chi connectivity index (χ1v) is 6.69.